The average molecular weight is 302 g/mol. The number of thioether (sulfide) groups is 1. The summed E-state index contributed by atoms with van der Waals surface area (Å²) in [5.41, 5.74) is 3.90. The first kappa shape index (κ1) is 13.6. The van der Waals surface area contributed by atoms with Crippen LogP contribution >= 0.6 is 11.8 Å². The van der Waals surface area contributed by atoms with Crippen LogP contribution in [-0.4, -0.2) is 24.3 Å². The van der Waals surface area contributed by atoms with Gasteiger partial charge in [0.2, 0.25) is 0 Å². The molecule has 112 valence electrons. The number of hydrogen-bond donors (Lipinski definition) is 1. The fourth-order valence-corrected chi connectivity index (χ4v) is 4.43. The molecule has 1 aliphatic heterocycles. The largest absolute Gasteiger partial charge is 0.441 e. The number of oxazole rings is 1. The summed E-state index contributed by atoms with van der Waals surface area (Å²) in [6, 6.07) is 6.40. The van der Waals surface area contributed by atoms with E-state index in [-0.39, 0.29) is 0 Å². The van der Waals surface area contributed by atoms with Crippen molar-refractivity contribution in [2.75, 3.05) is 19.3 Å². The third-order valence-electron chi connectivity index (χ3n) is 5.08. The van der Waals surface area contributed by atoms with Crippen molar-refractivity contribution >= 4 is 22.9 Å². The topological polar surface area (TPSA) is 38.1 Å². The van der Waals surface area contributed by atoms with Gasteiger partial charge < -0.3 is 9.73 Å². The molecule has 4 rings (SSSR count). The molecule has 1 N–H and O–H groups in total. The van der Waals surface area contributed by atoms with Gasteiger partial charge in [0, 0.05) is 25.3 Å². The van der Waals surface area contributed by atoms with E-state index >= 15 is 0 Å². The molecule has 1 aromatic carbocycles. The van der Waals surface area contributed by atoms with Gasteiger partial charge in [0.25, 0.3) is 0 Å². The van der Waals surface area contributed by atoms with Gasteiger partial charge in [0.15, 0.2) is 11.5 Å². The number of nitrogens with one attached hydrogen (secondary N) is 1. The zero-order valence-electron chi connectivity index (χ0n) is 12.5. The molecule has 2 fully saturated rings. The number of hydrogen-bond acceptors (Lipinski definition) is 4. The fourth-order valence-electron chi connectivity index (χ4n) is 3.91. The van der Waals surface area contributed by atoms with Crippen LogP contribution < -0.4 is 5.32 Å². The molecule has 1 unspecified atom stereocenters. The Morgan fingerprint density at radius 1 is 1.43 bits per heavy atom. The lowest BCUT2D eigenvalue weighted by atomic mass is 9.79. The van der Waals surface area contributed by atoms with Crippen molar-refractivity contribution in [3.8, 4) is 0 Å². The van der Waals surface area contributed by atoms with Crippen LogP contribution in [0.15, 0.2) is 22.6 Å². The lowest BCUT2D eigenvalue weighted by molar-refractivity contribution is 0.169. The summed E-state index contributed by atoms with van der Waals surface area (Å²) in [5.74, 6) is 2.72. The summed E-state index contributed by atoms with van der Waals surface area (Å²) < 4.78 is 5.95. The molecule has 2 aliphatic rings. The van der Waals surface area contributed by atoms with Crippen LogP contribution in [-0.2, 0) is 12.2 Å². The molecule has 2 heterocycles. The van der Waals surface area contributed by atoms with E-state index in [1.165, 1.54) is 37.9 Å². The molecule has 2 aromatic rings. The summed E-state index contributed by atoms with van der Waals surface area (Å²) in [4.78, 5) is 4.72. The number of nitrogens with zero attached hydrogens (tertiary/aromatic N) is 1. The maximum atomic E-state index is 5.95. The first-order valence-corrected chi connectivity index (χ1v) is 9.24. The van der Waals surface area contributed by atoms with Crippen LogP contribution in [0.3, 0.4) is 0 Å². The molecule has 1 atom stereocenters. The number of benzene rings is 1. The van der Waals surface area contributed by atoms with E-state index in [4.69, 9.17) is 9.40 Å². The summed E-state index contributed by atoms with van der Waals surface area (Å²) in [7, 11) is 0. The van der Waals surface area contributed by atoms with Gasteiger partial charge in [-0.2, -0.15) is 11.8 Å². The van der Waals surface area contributed by atoms with Crippen LogP contribution in [0.5, 0.6) is 0 Å². The molecule has 1 aromatic heterocycles. The van der Waals surface area contributed by atoms with Crippen LogP contribution in [0.25, 0.3) is 11.1 Å². The lowest BCUT2D eigenvalue weighted by Crippen LogP contribution is -2.51. The van der Waals surface area contributed by atoms with Crippen molar-refractivity contribution in [2.24, 2.45) is 11.3 Å². The first-order valence-electron chi connectivity index (χ1n) is 7.84. The van der Waals surface area contributed by atoms with E-state index in [0.717, 1.165) is 35.1 Å². The van der Waals surface area contributed by atoms with E-state index in [0.29, 0.717) is 5.41 Å². The SMILES string of the molecule is CSCc1ccc2oc(CC3CCC4(CNC4)C3)nc2c1. The fraction of sp³-hybridized carbons (Fsp3) is 0.588. The minimum atomic E-state index is 0.613. The van der Waals surface area contributed by atoms with E-state index < -0.39 is 0 Å². The van der Waals surface area contributed by atoms with Crippen LogP contribution in [0, 0.1) is 11.3 Å². The number of aromatic nitrogens is 1. The van der Waals surface area contributed by atoms with Gasteiger partial charge >= 0.3 is 0 Å². The highest BCUT2D eigenvalue weighted by molar-refractivity contribution is 7.97. The molecule has 0 radical (unpaired) electrons. The summed E-state index contributed by atoms with van der Waals surface area (Å²) >= 11 is 1.84. The summed E-state index contributed by atoms with van der Waals surface area (Å²) in [5, 5.41) is 3.43. The smallest absolute Gasteiger partial charge is 0.195 e. The molecule has 0 amide bonds. The molecule has 3 nitrogen and oxygen atoms in total. The van der Waals surface area contributed by atoms with Crippen molar-refractivity contribution in [3.05, 3.63) is 29.7 Å². The first-order chi connectivity index (χ1) is 10.3. The highest BCUT2D eigenvalue weighted by atomic mass is 32.2. The molecule has 21 heavy (non-hydrogen) atoms. The predicted molar refractivity (Wildman–Crippen MR) is 87.6 cm³/mol. The molecule has 1 saturated heterocycles. The van der Waals surface area contributed by atoms with Crippen LogP contribution in [0.2, 0.25) is 0 Å². The Morgan fingerprint density at radius 2 is 2.33 bits per heavy atom. The van der Waals surface area contributed by atoms with Crippen molar-refractivity contribution < 1.29 is 4.42 Å². The van der Waals surface area contributed by atoms with Crippen molar-refractivity contribution in [2.45, 2.75) is 31.4 Å². The van der Waals surface area contributed by atoms with Gasteiger partial charge in [-0.15, -0.1) is 0 Å². The zero-order chi connectivity index (χ0) is 14.3. The normalized spacial score (nSPS) is 23.8. The average Bonchev–Trinajstić information content (AvgIpc) is 3.02. The Bertz CT molecular complexity index is 647. The highest BCUT2D eigenvalue weighted by Gasteiger charge is 2.43. The second-order valence-electron chi connectivity index (χ2n) is 6.76. The molecule has 4 heteroatoms. The molecular formula is C17H22N2OS. The zero-order valence-corrected chi connectivity index (χ0v) is 13.3. The van der Waals surface area contributed by atoms with E-state index in [2.05, 4.69) is 29.8 Å². The van der Waals surface area contributed by atoms with Crippen molar-refractivity contribution in [3.63, 3.8) is 0 Å². The third kappa shape index (κ3) is 2.59. The van der Waals surface area contributed by atoms with Gasteiger partial charge in [0.05, 0.1) is 0 Å². The molecule has 1 aliphatic carbocycles. The van der Waals surface area contributed by atoms with E-state index in [9.17, 15) is 0 Å². The van der Waals surface area contributed by atoms with Gasteiger partial charge in [-0.3, -0.25) is 0 Å². The van der Waals surface area contributed by atoms with E-state index in [1.807, 2.05) is 11.8 Å². The van der Waals surface area contributed by atoms with Crippen molar-refractivity contribution in [1.82, 2.24) is 10.3 Å². The van der Waals surface area contributed by atoms with Crippen LogP contribution in [0.4, 0.5) is 0 Å². The maximum absolute atomic E-state index is 5.95. The predicted octanol–water partition coefficient (Wildman–Crippen LogP) is 3.62. The molecule has 1 saturated carbocycles. The minimum Gasteiger partial charge on any atom is -0.441 e. The molecule has 0 bridgehead atoms. The lowest BCUT2D eigenvalue weighted by Gasteiger charge is -2.39. The monoisotopic (exact) mass is 302 g/mol. The second-order valence-corrected chi connectivity index (χ2v) is 7.63. The summed E-state index contributed by atoms with van der Waals surface area (Å²) in [6.45, 7) is 2.43. The molecular weight excluding hydrogens is 280 g/mol. The molecule has 1 spiro atoms. The van der Waals surface area contributed by atoms with Gasteiger partial charge in [0.1, 0.15) is 5.52 Å². The third-order valence-corrected chi connectivity index (χ3v) is 5.70. The Morgan fingerprint density at radius 3 is 3.05 bits per heavy atom. The van der Waals surface area contributed by atoms with Gasteiger partial charge in [-0.1, -0.05) is 6.07 Å². The number of fused-ring (bicyclic) bond motifs is 1. The maximum Gasteiger partial charge on any atom is 0.195 e. The minimum absolute atomic E-state index is 0.613. The Labute approximate surface area is 129 Å². The van der Waals surface area contributed by atoms with Gasteiger partial charge in [-0.05, 0) is 54.5 Å². The Hall–Kier alpha value is -1.00. The quantitative estimate of drug-likeness (QED) is 0.936. The Balaban J connectivity index is 1.49. The standard InChI is InChI=1S/C17H22N2OS/c1-21-9-13-2-3-15-14(6-13)19-16(20-15)7-12-4-5-17(8-12)10-18-11-17/h2-3,6,12,18H,4-5,7-11H2,1H3. The van der Waals surface area contributed by atoms with Crippen LogP contribution in [0.1, 0.15) is 30.7 Å². The summed E-state index contributed by atoms with van der Waals surface area (Å²) in [6.07, 6.45) is 7.19. The second kappa shape index (κ2) is 5.33. The number of rotatable bonds is 4. The Kier molecular flexibility index (Phi) is 3.46. The van der Waals surface area contributed by atoms with Gasteiger partial charge in [-0.25, -0.2) is 4.98 Å². The van der Waals surface area contributed by atoms with E-state index in [1.54, 1.807) is 0 Å². The highest BCUT2D eigenvalue weighted by Crippen LogP contribution is 2.45. The van der Waals surface area contributed by atoms with Crippen molar-refractivity contribution in [1.29, 1.82) is 0 Å².